The van der Waals surface area contributed by atoms with E-state index in [4.69, 9.17) is 4.74 Å². The van der Waals surface area contributed by atoms with Crippen LogP contribution in [0.4, 0.5) is 4.39 Å². The second-order valence-corrected chi connectivity index (χ2v) is 6.59. The van der Waals surface area contributed by atoms with Crippen LogP contribution in [0.5, 0.6) is 5.75 Å². The van der Waals surface area contributed by atoms with E-state index < -0.39 is 28.3 Å². The van der Waals surface area contributed by atoms with E-state index >= 15 is 0 Å². The zero-order valence-electron chi connectivity index (χ0n) is 13.3. The first-order chi connectivity index (χ1) is 11.9. The zero-order chi connectivity index (χ0) is 18.3. The molecule has 2 aromatic carbocycles. The van der Waals surface area contributed by atoms with Crippen LogP contribution in [0, 0.1) is 5.82 Å². The largest absolute Gasteiger partial charge is 0.494 e. The summed E-state index contributed by atoms with van der Waals surface area (Å²) in [4.78, 5) is 11.7. The summed E-state index contributed by atoms with van der Waals surface area (Å²) in [5, 5.41) is 3.64. The molecule has 0 fully saturated rings. The third kappa shape index (κ3) is 5.37. The van der Waals surface area contributed by atoms with Gasteiger partial charge < -0.3 is 4.74 Å². The van der Waals surface area contributed by atoms with Gasteiger partial charge in [0.25, 0.3) is 5.91 Å². The molecule has 0 unspecified atom stereocenters. The molecule has 0 aliphatic rings. The maximum atomic E-state index is 13.5. The molecule has 0 saturated heterocycles. The van der Waals surface area contributed by atoms with E-state index in [9.17, 15) is 17.6 Å². The highest BCUT2D eigenvalue weighted by molar-refractivity contribution is 7.89. The number of hydrogen-bond acceptors (Lipinski definition) is 5. The first kappa shape index (κ1) is 18.6. The molecule has 0 radical (unpaired) electrons. The van der Waals surface area contributed by atoms with Crippen molar-refractivity contribution in [2.75, 3.05) is 13.7 Å². The van der Waals surface area contributed by atoms with Crippen molar-refractivity contribution < 1.29 is 22.3 Å². The molecule has 7 nitrogen and oxygen atoms in total. The molecule has 2 aromatic rings. The molecule has 2 N–H and O–H groups in total. The van der Waals surface area contributed by atoms with Crippen LogP contribution in [-0.2, 0) is 14.8 Å². The summed E-state index contributed by atoms with van der Waals surface area (Å²) in [6.07, 6.45) is 1.23. The standard InChI is InChI=1S/C16H16FN3O4S/c1-24-15-8-7-12(9-14(15)17)10-18-20-16(21)11-19-25(22,23)13-5-3-2-4-6-13/h2-10,19H,11H2,1H3,(H,20,21)/b18-10-. The summed E-state index contributed by atoms with van der Waals surface area (Å²) in [6.45, 7) is -0.481. The number of carbonyl (C=O) groups is 1. The topological polar surface area (TPSA) is 96.9 Å². The maximum Gasteiger partial charge on any atom is 0.255 e. The van der Waals surface area contributed by atoms with E-state index in [0.29, 0.717) is 5.56 Å². The maximum absolute atomic E-state index is 13.5. The Morgan fingerprint density at radius 1 is 1.24 bits per heavy atom. The molecule has 0 aliphatic heterocycles. The summed E-state index contributed by atoms with van der Waals surface area (Å²) < 4.78 is 44.3. The van der Waals surface area contributed by atoms with Gasteiger partial charge in [-0.3, -0.25) is 4.79 Å². The van der Waals surface area contributed by atoms with E-state index in [1.807, 2.05) is 0 Å². The number of sulfonamides is 1. The van der Waals surface area contributed by atoms with Crippen LogP contribution in [0.2, 0.25) is 0 Å². The van der Waals surface area contributed by atoms with Crippen LogP contribution in [-0.4, -0.2) is 34.2 Å². The molecular formula is C16H16FN3O4S. The monoisotopic (exact) mass is 365 g/mol. The fourth-order valence-electron chi connectivity index (χ4n) is 1.82. The van der Waals surface area contributed by atoms with Crippen molar-refractivity contribution >= 4 is 22.1 Å². The van der Waals surface area contributed by atoms with Crippen LogP contribution in [0.15, 0.2) is 58.5 Å². The van der Waals surface area contributed by atoms with E-state index in [-0.39, 0.29) is 10.6 Å². The summed E-state index contributed by atoms with van der Waals surface area (Å²) in [5.41, 5.74) is 2.56. The van der Waals surface area contributed by atoms with E-state index in [1.54, 1.807) is 24.3 Å². The van der Waals surface area contributed by atoms with E-state index in [2.05, 4.69) is 15.2 Å². The van der Waals surface area contributed by atoms with Crippen molar-refractivity contribution in [3.8, 4) is 5.75 Å². The van der Waals surface area contributed by atoms with Crippen LogP contribution >= 0.6 is 0 Å². The van der Waals surface area contributed by atoms with Gasteiger partial charge in [-0.05, 0) is 35.9 Å². The van der Waals surface area contributed by atoms with Crippen LogP contribution in [0.25, 0.3) is 0 Å². The van der Waals surface area contributed by atoms with Crippen molar-refractivity contribution in [1.29, 1.82) is 0 Å². The van der Waals surface area contributed by atoms with Crippen molar-refractivity contribution in [2.45, 2.75) is 4.90 Å². The molecule has 132 valence electrons. The number of nitrogens with zero attached hydrogens (tertiary/aromatic N) is 1. The molecule has 0 aliphatic carbocycles. The third-order valence-corrected chi connectivity index (χ3v) is 4.47. The predicted octanol–water partition coefficient (Wildman–Crippen LogP) is 1.26. The SMILES string of the molecule is COc1ccc(/C=N\NC(=O)CNS(=O)(=O)c2ccccc2)cc1F. The van der Waals surface area contributed by atoms with Gasteiger partial charge in [-0.1, -0.05) is 18.2 Å². The normalized spacial score (nSPS) is 11.4. The smallest absolute Gasteiger partial charge is 0.255 e. The summed E-state index contributed by atoms with van der Waals surface area (Å²) >= 11 is 0. The number of hydrazone groups is 1. The number of ether oxygens (including phenoxy) is 1. The summed E-state index contributed by atoms with van der Waals surface area (Å²) in [7, 11) is -2.42. The molecule has 0 atom stereocenters. The van der Waals surface area contributed by atoms with Crippen molar-refractivity contribution in [3.05, 3.63) is 59.9 Å². The number of hydrogen-bond donors (Lipinski definition) is 2. The quantitative estimate of drug-likeness (QED) is 0.570. The molecule has 0 saturated carbocycles. The summed E-state index contributed by atoms with van der Waals surface area (Å²) in [5.74, 6) is -1.13. The minimum Gasteiger partial charge on any atom is -0.494 e. The molecule has 2 rings (SSSR count). The highest BCUT2D eigenvalue weighted by atomic mass is 32.2. The van der Waals surface area contributed by atoms with Crippen LogP contribution < -0.4 is 14.9 Å². The Balaban J connectivity index is 1.87. The van der Waals surface area contributed by atoms with Gasteiger partial charge in [-0.15, -0.1) is 0 Å². The lowest BCUT2D eigenvalue weighted by molar-refractivity contribution is -0.119. The Morgan fingerprint density at radius 2 is 1.96 bits per heavy atom. The first-order valence-electron chi connectivity index (χ1n) is 7.12. The van der Waals surface area contributed by atoms with Crippen LogP contribution in [0.3, 0.4) is 0 Å². The average molecular weight is 365 g/mol. The van der Waals surface area contributed by atoms with Crippen LogP contribution in [0.1, 0.15) is 5.56 Å². The van der Waals surface area contributed by atoms with Crippen molar-refractivity contribution in [1.82, 2.24) is 10.1 Å². The van der Waals surface area contributed by atoms with Gasteiger partial charge >= 0.3 is 0 Å². The highest BCUT2D eigenvalue weighted by Crippen LogP contribution is 2.16. The van der Waals surface area contributed by atoms with Gasteiger partial charge in [0.1, 0.15) is 0 Å². The molecule has 1 amide bonds. The Morgan fingerprint density at radius 3 is 2.60 bits per heavy atom. The second kappa shape index (κ2) is 8.36. The van der Waals surface area contributed by atoms with E-state index in [0.717, 1.165) is 0 Å². The number of nitrogens with one attached hydrogen (secondary N) is 2. The first-order valence-corrected chi connectivity index (χ1v) is 8.61. The molecular weight excluding hydrogens is 349 g/mol. The van der Waals surface area contributed by atoms with Gasteiger partial charge in [-0.25, -0.2) is 23.0 Å². The lowest BCUT2D eigenvalue weighted by atomic mass is 10.2. The van der Waals surface area contributed by atoms with Gasteiger partial charge in [0.15, 0.2) is 11.6 Å². The predicted molar refractivity (Wildman–Crippen MR) is 90.3 cm³/mol. The lowest BCUT2D eigenvalue weighted by Crippen LogP contribution is -2.34. The number of rotatable bonds is 7. The number of halogens is 1. The lowest BCUT2D eigenvalue weighted by Gasteiger charge is -2.05. The van der Waals surface area contributed by atoms with Gasteiger partial charge in [-0.2, -0.15) is 5.10 Å². The molecule has 0 heterocycles. The average Bonchev–Trinajstić information content (AvgIpc) is 2.61. The van der Waals surface area contributed by atoms with Gasteiger partial charge in [0.2, 0.25) is 10.0 Å². The third-order valence-electron chi connectivity index (χ3n) is 3.05. The fraction of sp³-hybridized carbons (Fsp3) is 0.125. The Kier molecular flexibility index (Phi) is 6.20. The second-order valence-electron chi connectivity index (χ2n) is 4.82. The van der Waals surface area contributed by atoms with Gasteiger partial charge in [0.05, 0.1) is 24.8 Å². The zero-order valence-corrected chi connectivity index (χ0v) is 14.1. The summed E-state index contributed by atoms with van der Waals surface area (Å²) in [6, 6.07) is 11.8. The Labute approximate surface area is 144 Å². The number of amides is 1. The molecule has 9 heteroatoms. The molecule has 0 spiro atoms. The fourth-order valence-corrected chi connectivity index (χ4v) is 2.83. The van der Waals surface area contributed by atoms with Crippen molar-refractivity contribution in [3.63, 3.8) is 0 Å². The Bertz CT molecular complexity index is 870. The highest BCUT2D eigenvalue weighted by Gasteiger charge is 2.14. The minimum absolute atomic E-state index is 0.0556. The molecule has 0 bridgehead atoms. The van der Waals surface area contributed by atoms with Crippen molar-refractivity contribution in [2.24, 2.45) is 5.10 Å². The minimum atomic E-state index is -3.77. The number of methoxy groups -OCH3 is 1. The van der Waals surface area contributed by atoms with E-state index in [1.165, 1.54) is 37.6 Å². The number of carbonyl (C=O) groups excluding carboxylic acids is 1. The van der Waals surface area contributed by atoms with Gasteiger partial charge in [0, 0.05) is 0 Å². The molecule has 0 aromatic heterocycles. The Hall–Kier alpha value is -2.78. The number of benzene rings is 2. The molecule has 25 heavy (non-hydrogen) atoms.